The van der Waals surface area contributed by atoms with E-state index in [0.29, 0.717) is 20.8 Å². The molecule has 1 amide bonds. The number of nitrogens with one attached hydrogen (secondary N) is 1. The summed E-state index contributed by atoms with van der Waals surface area (Å²) < 4.78 is 0. The second-order valence-electron chi connectivity index (χ2n) is 4.25. The fraction of sp³-hybridized carbons (Fsp3) is 0.455. The lowest BCUT2D eigenvalue weighted by atomic mass is 10.2. The second kappa shape index (κ2) is 4.92. The molecule has 0 bridgehead atoms. The molecule has 1 aliphatic carbocycles. The first kappa shape index (κ1) is 12.8. The largest absolute Gasteiger partial charge is 0.392 e. The molecule has 1 unspecified atom stereocenters. The lowest BCUT2D eigenvalue weighted by Crippen LogP contribution is -2.44. The van der Waals surface area contributed by atoms with E-state index in [0.717, 1.165) is 18.4 Å². The van der Waals surface area contributed by atoms with E-state index >= 15 is 0 Å². The maximum absolute atomic E-state index is 12.0. The Labute approximate surface area is 114 Å². The Kier molecular flexibility index (Phi) is 3.70. The number of aryl methyl sites for hydroxylation is 1. The summed E-state index contributed by atoms with van der Waals surface area (Å²) in [6, 6.07) is -0.198. The van der Waals surface area contributed by atoms with Crippen molar-refractivity contribution in [3.05, 3.63) is 20.8 Å². The van der Waals surface area contributed by atoms with Gasteiger partial charge in [-0.25, -0.2) is 0 Å². The molecule has 0 radical (unpaired) electrons. The van der Waals surface area contributed by atoms with Crippen molar-refractivity contribution in [3.8, 4) is 0 Å². The minimum atomic E-state index is -0.198. The predicted octanol–water partition coefficient (Wildman–Crippen LogP) is 2.50. The Bertz CT molecular complexity index is 468. The van der Waals surface area contributed by atoms with E-state index in [1.807, 2.05) is 12.3 Å². The van der Waals surface area contributed by atoms with Crippen LogP contribution < -0.4 is 11.1 Å². The van der Waals surface area contributed by atoms with E-state index in [-0.39, 0.29) is 11.9 Å². The molecule has 1 atom stereocenters. The van der Waals surface area contributed by atoms with Crippen LogP contribution in [-0.4, -0.2) is 16.9 Å². The van der Waals surface area contributed by atoms with Gasteiger partial charge in [0.25, 0.3) is 5.91 Å². The van der Waals surface area contributed by atoms with Crippen LogP contribution in [0.4, 0.5) is 0 Å². The Balaban J connectivity index is 2.10. The molecule has 3 N–H and O–H groups in total. The highest BCUT2D eigenvalue weighted by Gasteiger charge is 2.34. The minimum Gasteiger partial charge on any atom is -0.392 e. The molecule has 1 heterocycles. The summed E-state index contributed by atoms with van der Waals surface area (Å²) in [5, 5.41) is 5.25. The van der Waals surface area contributed by atoms with Gasteiger partial charge in [-0.05, 0) is 36.6 Å². The Morgan fingerprint density at radius 1 is 1.71 bits per heavy atom. The number of rotatable bonds is 4. The zero-order valence-corrected chi connectivity index (χ0v) is 11.7. The molecule has 3 nitrogen and oxygen atoms in total. The molecular weight excluding hydrogens is 276 g/mol. The number of hydrogen-bond donors (Lipinski definition) is 2. The first-order chi connectivity index (χ1) is 8.00. The van der Waals surface area contributed by atoms with Crippen molar-refractivity contribution in [2.75, 3.05) is 0 Å². The molecule has 0 aromatic carbocycles. The average molecular weight is 289 g/mol. The first-order valence-corrected chi connectivity index (χ1v) is 7.01. The summed E-state index contributed by atoms with van der Waals surface area (Å²) in [6.45, 7) is 1.88. The maximum Gasteiger partial charge on any atom is 0.263 e. The van der Waals surface area contributed by atoms with Gasteiger partial charge in [0.1, 0.15) is 4.88 Å². The molecule has 1 fully saturated rings. The molecule has 2 rings (SSSR count). The monoisotopic (exact) mass is 288 g/mol. The number of thiophene rings is 1. The zero-order chi connectivity index (χ0) is 12.6. The summed E-state index contributed by atoms with van der Waals surface area (Å²) in [4.78, 5) is 12.9. The Morgan fingerprint density at radius 2 is 2.35 bits per heavy atom. The molecule has 1 aliphatic rings. The third-order valence-corrected chi connectivity index (χ3v) is 4.74. The number of amides is 1. The van der Waals surface area contributed by atoms with Crippen LogP contribution in [0.3, 0.4) is 0 Å². The van der Waals surface area contributed by atoms with E-state index in [1.54, 1.807) is 0 Å². The van der Waals surface area contributed by atoms with Crippen molar-refractivity contribution in [2.24, 2.45) is 11.7 Å². The lowest BCUT2D eigenvalue weighted by Gasteiger charge is -2.16. The van der Waals surface area contributed by atoms with Crippen LogP contribution in [0.25, 0.3) is 0 Å². The van der Waals surface area contributed by atoms with E-state index in [9.17, 15) is 4.79 Å². The van der Waals surface area contributed by atoms with Gasteiger partial charge in [0, 0.05) is 0 Å². The number of hydrogen-bond acceptors (Lipinski definition) is 3. The van der Waals surface area contributed by atoms with Crippen molar-refractivity contribution >= 4 is 46.1 Å². The molecule has 1 saturated carbocycles. The highest BCUT2D eigenvalue weighted by molar-refractivity contribution is 7.80. The Morgan fingerprint density at radius 3 is 2.76 bits per heavy atom. The van der Waals surface area contributed by atoms with Crippen molar-refractivity contribution in [1.82, 2.24) is 5.32 Å². The van der Waals surface area contributed by atoms with Crippen LogP contribution in [0.1, 0.15) is 28.1 Å². The van der Waals surface area contributed by atoms with Gasteiger partial charge in [0.05, 0.1) is 16.1 Å². The topological polar surface area (TPSA) is 55.1 Å². The summed E-state index contributed by atoms with van der Waals surface area (Å²) in [7, 11) is 0. The Hall–Kier alpha value is -0.650. The van der Waals surface area contributed by atoms with E-state index in [2.05, 4.69) is 5.32 Å². The predicted molar refractivity (Wildman–Crippen MR) is 74.8 cm³/mol. The van der Waals surface area contributed by atoms with Crippen LogP contribution in [0, 0.1) is 12.8 Å². The van der Waals surface area contributed by atoms with Crippen LogP contribution in [0.15, 0.2) is 5.38 Å². The molecule has 0 saturated heterocycles. The highest BCUT2D eigenvalue weighted by Crippen LogP contribution is 2.33. The third-order valence-electron chi connectivity index (χ3n) is 2.79. The van der Waals surface area contributed by atoms with Crippen LogP contribution in [-0.2, 0) is 0 Å². The van der Waals surface area contributed by atoms with Gasteiger partial charge in [-0.2, -0.15) is 0 Å². The summed E-state index contributed by atoms with van der Waals surface area (Å²) in [6.07, 6.45) is 2.14. The van der Waals surface area contributed by atoms with Crippen molar-refractivity contribution in [1.29, 1.82) is 0 Å². The molecule has 0 aliphatic heterocycles. The third kappa shape index (κ3) is 2.78. The normalized spacial score (nSPS) is 16.6. The molecule has 6 heteroatoms. The van der Waals surface area contributed by atoms with Gasteiger partial charge < -0.3 is 11.1 Å². The van der Waals surface area contributed by atoms with Crippen LogP contribution >= 0.6 is 35.2 Å². The number of thiocarbonyl (C=S) groups is 1. The summed E-state index contributed by atoms with van der Waals surface area (Å²) >= 11 is 12.4. The quantitative estimate of drug-likeness (QED) is 0.837. The molecular formula is C11H13ClN2OS2. The molecule has 17 heavy (non-hydrogen) atoms. The zero-order valence-electron chi connectivity index (χ0n) is 9.33. The SMILES string of the molecule is Cc1csc(C(=O)NC(C(N)=S)C2CC2)c1Cl. The van der Waals surface area contributed by atoms with Crippen LogP contribution in [0.5, 0.6) is 0 Å². The molecule has 0 spiro atoms. The smallest absolute Gasteiger partial charge is 0.263 e. The fourth-order valence-corrected chi connectivity index (χ4v) is 3.07. The molecule has 1 aromatic heterocycles. The summed E-state index contributed by atoms with van der Waals surface area (Å²) in [5.41, 5.74) is 6.55. The second-order valence-corrected chi connectivity index (χ2v) is 5.98. The fourth-order valence-electron chi connectivity index (χ4n) is 1.64. The number of carbonyl (C=O) groups excluding carboxylic acids is 1. The van der Waals surface area contributed by atoms with Gasteiger partial charge >= 0.3 is 0 Å². The maximum atomic E-state index is 12.0. The molecule has 92 valence electrons. The van der Waals surface area contributed by atoms with Gasteiger partial charge in [-0.1, -0.05) is 23.8 Å². The van der Waals surface area contributed by atoms with E-state index in [1.165, 1.54) is 11.3 Å². The van der Waals surface area contributed by atoms with Gasteiger partial charge in [0.2, 0.25) is 0 Å². The minimum absolute atomic E-state index is 0.183. The van der Waals surface area contributed by atoms with Crippen molar-refractivity contribution in [3.63, 3.8) is 0 Å². The average Bonchev–Trinajstić information content (AvgIpc) is 3.04. The van der Waals surface area contributed by atoms with Crippen molar-refractivity contribution in [2.45, 2.75) is 25.8 Å². The molecule has 1 aromatic rings. The summed E-state index contributed by atoms with van der Waals surface area (Å²) in [5.74, 6) is 0.217. The van der Waals surface area contributed by atoms with Crippen molar-refractivity contribution < 1.29 is 4.79 Å². The van der Waals surface area contributed by atoms with Crippen LogP contribution in [0.2, 0.25) is 5.02 Å². The van der Waals surface area contributed by atoms with Gasteiger partial charge in [-0.3, -0.25) is 4.79 Å². The van der Waals surface area contributed by atoms with E-state index < -0.39 is 0 Å². The van der Waals surface area contributed by atoms with Gasteiger partial charge in [-0.15, -0.1) is 11.3 Å². The first-order valence-electron chi connectivity index (χ1n) is 5.34. The highest BCUT2D eigenvalue weighted by atomic mass is 35.5. The van der Waals surface area contributed by atoms with E-state index in [4.69, 9.17) is 29.6 Å². The lowest BCUT2D eigenvalue weighted by molar-refractivity contribution is 0.0948. The standard InChI is InChI=1S/C11H13ClN2OS2/c1-5-4-17-9(7(5)12)11(15)14-8(10(13)16)6-2-3-6/h4,6,8H,2-3H2,1H3,(H2,13,16)(H,14,15). The number of nitrogens with two attached hydrogens (primary N) is 1. The number of carbonyl (C=O) groups is 1. The van der Waals surface area contributed by atoms with Gasteiger partial charge in [0.15, 0.2) is 0 Å². The number of halogens is 1.